The van der Waals surface area contributed by atoms with Gasteiger partial charge in [-0.25, -0.2) is 4.39 Å². The van der Waals surface area contributed by atoms with E-state index in [1.54, 1.807) is 37.3 Å². The van der Waals surface area contributed by atoms with Crippen molar-refractivity contribution in [3.8, 4) is 5.75 Å². The largest absolute Gasteiger partial charge is 0.491 e. The van der Waals surface area contributed by atoms with E-state index in [9.17, 15) is 14.0 Å². The SMILES string of the molecule is CCCN1C[C@@H](C)[C@H](OC)CN(C)C(=O)c2cc(NC(=O)c3ccc(F)cc3)ccc2OC[C@H]1C. The van der Waals surface area contributed by atoms with Gasteiger partial charge in [0.15, 0.2) is 0 Å². The molecule has 2 aromatic rings. The molecule has 3 atom stereocenters. The van der Waals surface area contributed by atoms with Crippen LogP contribution in [0.5, 0.6) is 5.75 Å². The Balaban J connectivity index is 1.91. The van der Waals surface area contributed by atoms with Crippen molar-refractivity contribution in [2.45, 2.75) is 39.3 Å². The van der Waals surface area contributed by atoms with Gasteiger partial charge in [0.1, 0.15) is 18.2 Å². The number of methoxy groups -OCH3 is 1. The molecule has 0 aliphatic carbocycles. The third-order valence-electron chi connectivity index (χ3n) is 6.45. The molecule has 8 heteroatoms. The molecule has 0 radical (unpaired) electrons. The Morgan fingerprint density at radius 2 is 1.89 bits per heavy atom. The number of nitrogens with zero attached hydrogens (tertiary/aromatic N) is 2. The number of anilines is 1. The molecule has 1 aliphatic rings. The molecular formula is C27H36FN3O4. The molecule has 0 saturated heterocycles. The molecule has 0 saturated carbocycles. The van der Waals surface area contributed by atoms with E-state index in [4.69, 9.17) is 9.47 Å². The van der Waals surface area contributed by atoms with Gasteiger partial charge >= 0.3 is 0 Å². The summed E-state index contributed by atoms with van der Waals surface area (Å²) in [4.78, 5) is 30.1. The second kappa shape index (κ2) is 12.1. The molecule has 0 aromatic heterocycles. The minimum Gasteiger partial charge on any atom is -0.491 e. The Bertz CT molecular complexity index is 1010. The van der Waals surface area contributed by atoms with Gasteiger partial charge < -0.3 is 19.7 Å². The third-order valence-corrected chi connectivity index (χ3v) is 6.45. The van der Waals surface area contributed by atoms with Crippen LogP contribution in [0.1, 0.15) is 47.9 Å². The molecule has 7 nitrogen and oxygen atoms in total. The topological polar surface area (TPSA) is 71.1 Å². The van der Waals surface area contributed by atoms with Crippen LogP contribution in [-0.4, -0.2) is 74.2 Å². The lowest BCUT2D eigenvalue weighted by atomic mass is 10.0. The Morgan fingerprint density at radius 3 is 2.54 bits per heavy atom. The highest BCUT2D eigenvalue weighted by molar-refractivity contribution is 6.05. The Morgan fingerprint density at radius 1 is 1.17 bits per heavy atom. The van der Waals surface area contributed by atoms with Crippen molar-refractivity contribution in [1.29, 1.82) is 0 Å². The molecule has 3 rings (SSSR count). The van der Waals surface area contributed by atoms with Gasteiger partial charge in [-0.2, -0.15) is 0 Å². The zero-order chi connectivity index (χ0) is 25.5. The molecule has 1 aliphatic heterocycles. The van der Waals surface area contributed by atoms with E-state index in [-0.39, 0.29) is 24.0 Å². The number of hydrogen-bond donors (Lipinski definition) is 1. The Labute approximate surface area is 207 Å². The number of benzene rings is 2. The van der Waals surface area contributed by atoms with Gasteiger partial charge in [0.25, 0.3) is 11.8 Å². The summed E-state index contributed by atoms with van der Waals surface area (Å²) < 4.78 is 25.1. The summed E-state index contributed by atoms with van der Waals surface area (Å²) in [5, 5.41) is 2.79. The molecule has 0 bridgehead atoms. The van der Waals surface area contributed by atoms with Crippen LogP contribution >= 0.6 is 0 Å². The van der Waals surface area contributed by atoms with Crippen LogP contribution in [0.25, 0.3) is 0 Å². The number of rotatable bonds is 5. The molecule has 0 fully saturated rings. The van der Waals surface area contributed by atoms with E-state index in [1.807, 2.05) is 0 Å². The second-order valence-corrected chi connectivity index (χ2v) is 9.26. The summed E-state index contributed by atoms with van der Waals surface area (Å²) in [6.45, 7) is 9.07. The van der Waals surface area contributed by atoms with Gasteiger partial charge in [0, 0.05) is 44.5 Å². The summed E-state index contributed by atoms with van der Waals surface area (Å²) in [5.41, 5.74) is 1.13. The predicted molar refractivity (Wildman–Crippen MR) is 135 cm³/mol. The fourth-order valence-electron chi connectivity index (χ4n) is 4.33. The van der Waals surface area contributed by atoms with Crippen molar-refractivity contribution < 1.29 is 23.5 Å². The smallest absolute Gasteiger partial charge is 0.257 e. The lowest BCUT2D eigenvalue weighted by molar-refractivity contribution is 0.0108. The number of likely N-dealkylation sites (N-methyl/N-ethyl adjacent to an activating group) is 1. The molecule has 2 amide bonds. The van der Waals surface area contributed by atoms with E-state index in [1.165, 1.54) is 24.3 Å². The summed E-state index contributed by atoms with van der Waals surface area (Å²) in [6, 6.07) is 10.5. The van der Waals surface area contributed by atoms with E-state index in [0.717, 1.165) is 19.5 Å². The summed E-state index contributed by atoms with van der Waals surface area (Å²) >= 11 is 0. The fraction of sp³-hybridized carbons (Fsp3) is 0.481. The number of carbonyl (C=O) groups is 2. The summed E-state index contributed by atoms with van der Waals surface area (Å²) in [5.74, 6) is -0.345. The fourth-order valence-corrected chi connectivity index (χ4v) is 4.33. The van der Waals surface area contributed by atoms with Crippen LogP contribution in [0, 0.1) is 11.7 Å². The maximum Gasteiger partial charge on any atom is 0.257 e. The third kappa shape index (κ3) is 6.80. The first-order chi connectivity index (χ1) is 16.7. The van der Waals surface area contributed by atoms with E-state index in [0.29, 0.717) is 35.7 Å². The Kier molecular flexibility index (Phi) is 9.23. The normalized spacial score (nSPS) is 21.9. The maximum absolute atomic E-state index is 13.4. The second-order valence-electron chi connectivity index (χ2n) is 9.26. The first-order valence-corrected chi connectivity index (χ1v) is 12.1. The van der Waals surface area contributed by atoms with Gasteiger partial charge in [-0.15, -0.1) is 0 Å². The zero-order valence-electron chi connectivity index (χ0n) is 21.2. The molecular weight excluding hydrogens is 449 g/mol. The molecule has 35 heavy (non-hydrogen) atoms. The minimum atomic E-state index is -0.414. The van der Waals surface area contributed by atoms with Crippen molar-refractivity contribution in [2.24, 2.45) is 5.92 Å². The van der Waals surface area contributed by atoms with Crippen molar-refractivity contribution in [3.63, 3.8) is 0 Å². The average Bonchev–Trinajstić information content (AvgIpc) is 2.85. The van der Waals surface area contributed by atoms with Gasteiger partial charge in [-0.3, -0.25) is 14.5 Å². The molecule has 0 unspecified atom stereocenters. The monoisotopic (exact) mass is 485 g/mol. The van der Waals surface area contributed by atoms with E-state index < -0.39 is 11.7 Å². The molecule has 1 heterocycles. The number of carbonyl (C=O) groups excluding carboxylic acids is 2. The van der Waals surface area contributed by atoms with Crippen LogP contribution in [-0.2, 0) is 4.74 Å². The molecule has 0 spiro atoms. The van der Waals surface area contributed by atoms with Crippen LogP contribution in [0.4, 0.5) is 10.1 Å². The predicted octanol–water partition coefficient (Wildman–Crippen LogP) is 4.29. The van der Waals surface area contributed by atoms with Crippen LogP contribution < -0.4 is 10.1 Å². The van der Waals surface area contributed by atoms with Gasteiger partial charge in [0.05, 0.1) is 11.7 Å². The first kappa shape index (κ1) is 26.6. The number of fused-ring (bicyclic) bond motifs is 1. The Hall–Kier alpha value is -2.97. The quantitative estimate of drug-likeness (QED) is 0.684. The molecule has 1 N–H and O–H groups in total. The number of hydrogen-bond acceptors (Lipinski definition) is 5. The number of nitrogens with one attached hydrogen (secondary N) is 1. The van der Waals surface area contributed by atoms with E-state index in [2.05, 4.69) is 31.0 Å². The van der Waals surface area contributed by atoms with Crippen LogP contribution in [0.3, 0.4) is 0 Å². The average molecular weight is 486 g/mol. The number of ether oxygens (including phenoxy) is 2. The highest BCUT2D eigenvalue weighted by Gasteiger charge is 2.28. The molecule has 190 valence electrons. The van der Waals surface area contributed by atoms with Gasteiger partial charge in [-0.05, 0) is 68.3 Å². The van der Waals surface area contributed by atoms with Gasteiger partial charge in [0.2, 0.25) is 0 Å². The van der Waals surface area contributed by atoms with Crippen LogP contribution in [0.2, 0.25) is 0 Å². The van der Waals surface area contributed by atoms with Gasteiger partial charge in [-0.1, -0.05) is 13.8 Å². The lowest BCUT2D eigenvalue weighted by Gasteiger charge is -2.35. The van der Waals surface area contributed by atoms with Crippen molar-refractivity contribution in [2.75, 3.05) is 45.7 Å². The number of amides is 2. The van der Waals surface area contributed by atoms with Crippen molar-refractivity contribution in [1.82, 2.24) is 9.80 Å². The lowest BCUT2D eigenvalue weighted by Crippen LogP contribution is -2.46. The zero-order valence-corrected chi connectivity index (χ0v) is 21.2. The number of halogens is 1. The summed E-state index contributed by atoms with van der Waals surface area (Å²) in [7, 11) is 3.42. The van der Waals surface area contributed by atoms with Crippen molar-refractivity contribution in [3.05, 3.63) is 59.4 Å². The highest BCUT2D eigenvalue weighted by atomic mass is 19.1. The standard InChI is InChI=1S/C27H36FN3O4/c1-6-13-31-15-18(2)25(34-5)16-30(4)27(33)23-14-22(11-12-24(23)35-17-19(31)3)29-26(32)20-7-9-21(28)10-8-20/h7-12,14,18-19,25H,6,13,15-17H2,1-5H3,(H,29,32)/t18-,19-,25-/m1/s1. The maximum atomic E-state index is 13.4. The minimum absolute atomic E-state index is 0.124. The first-order valence-electron chi connectivity index (χ1n) is 12.1. The molecule has 2 aromatic carbocycles. The van der Waals surface area contributed by atoms with E-state index >= 15 is 0 Å². The highest BCUT2D eigenvalue weighted by Crippen LogP contribution is 2.27. The van der Waals surface area contributed by atoms with Crippen LogP contribution in [0.15, 0.2) is 42.5 Å². The van der Waals surface area contributed by atoms with Crippen molar-refractivity contribution >= 4 is 17.5 Å². The summed E-state index contributed by atoms with van der Waals surface area (Å²) in [6.07, 6.45) is 0.904.